The van der Waals surface area contributed by atoms with E-state index in [-0.39, 0.29) is 5.92 Å². The van der Waals surface area contributed by atoms with E-state index in [1.165, 1.54) is 22.3 Å². The van der Waals surface area contributed by atoms with Crippen molar-refractivity contribution >= 4 is 6.09 Å². The summed E-state index contributed by atoms with van der Waals surface area (Å²) in [5.74, 6) is 8.74. The lowest BCUT2D eigenvalue weighted by Gasteiger charge is -2.14. The van der Waals surface area contributed by atoms with Gasteiger partial charge in [0.05, 0.1) is 0 Å². The number of hydrogen-bond acceptors (Lipinski definition) is 2. The molecule has 0 bridgehead atoms. The van der Waals surface area contributed by atoms with E-state index in [0.717, 1.165) is 11.1 Å². The van der Waals surface area contributed by atoms with Crippen molar-refractivity contribution in [2.45, 2.75) is 12.3 Å². The Morgan fingerprint density at radius 1 is 0.900 bits per heavy atom. The van der Waals surface area contributed by atoms with Crippen molar-refractivity contribution in [2.24, 2.45) is 0 Å². The molecule has 3 nitrogen and oxygen atoms in total. The number of fused-ring (bicyclic) bond motifs is 3. The summed E-state index contributed by atoms with van der Waals surface area (Å²) in [6.45, 7) is 0.749. The third-order valence-corrected chi connectivity index (χ3v) is 5.15. The van der Waals surface area contributed by atoms with E-state index in [0.29, 0.717) is 19.6 Å². The molecule has 0 radical (unpaired) electrons. The fourth-order valence-corrected chi connectivity index (χ4v) is 3.69. The zero-order chi connectivity index (χ0) is 20.8. The van der Waals surface area contributed by atoms with Gasteiger partial charge in [0, 0.05) is 30.0 Å². The Bertz CT molecular complexity index is 1110. The topological polar surface area (TPSA) is 38.3 Å². The molecule has 1 amide bonds. The Balaban J connectivity index is 1.28. The molecule has 0 aromatic heterocycles. The van der Waals surface area contributed by atoms with Crippen molar-refractivity contribution in [3.63, 3.8) is 0 Å². The fourth-order valence-electron chi connectivity index (χ4n) is 3.69. The van der Waals surface area contributed by atoms with E-state index in [1.54, 1.807) is 0 Å². The molecular weight excluding hydrogens is 370 g/mol. The molecule has 1 aliphatic carbocycles. The quantitative estimate of drug-likeness (QED) is 0.505. The van der Waals surface area contributed by atoms with Crippen LogP contribution >= 0.6 is 0 Å². The van der Waals surface area contributed by atoms with Gasteiger partial charge in [-0.15, -0.1) is 6.42 Å². The molecule has 3 aromatic carbocycles. The van der Waals surface area contributed by atoms with E-state index in [4.69, 9.17) is 11.2 Å². The highest BCUT2D eigenvalue weighted by atomic mass is 16.5. The molecule has 1 aliphatic rings. The summed E-state index contributed by atoms with van der Waals surface area (Å²) in [6, 6.07) is 24.1. The Morgan fingerprint density at radius 3 is 2.13 bits per heavy atom. The molecule has 1 N–H and O–H groups in total. The number of carbonyl (C=O) groups is 1. The molecule has 0 fully saturated rings. The van der Waals surface area contributed by atoms with Crippen LogP contribution in [0.5, 0.6) is 0 Å². The predicted octanol–water partition coefficient (Wildman–Crippen LogP) is 4.95. The molecule has 0 atom stereocenters. The molecule has 0 heterocycles. The second-order valence-corrected chi connectivity index (χ2v) is 7.03. The van der Waals surface area contributed by atoms with Crippen LogP contribution in [0.4, 0.5) is 4.79 Å². The highest BCUT2D eigenvalue weighted by molar-refractivity contribution is 5.79. The van der Waals surface area contributed by atoms with Gasteiger partial charge in [-0.25, -0.2) is 4.79 Å². The predicted molar refractivity (Wildman–Crippen MR) is 119 cm³/mol. The Kier molecular flexibility index (Phi) is 5.83. The molecule has 3 aromatic rings. The van der Waals surface area contributed by atoms with Crippen LogP contribution in [0.15, 0.2) is 72.8 Å². The molecule has 0 aliphatic heterocycles. The summed E-state index contributed by atoms with van der Waals surface area (Å²) in [6.07, 6.45) is 5.46. The number of terminal acetylenes is 1. The highest BCUT2D eigenvalue weighted by Crippen LogP contribution is 2.44. The van der Waals surface area contributed by atoms with Gasteiger partial charge in [0.1, 0.15) is 6.61 Å². The van der Waals surface area contributed by atoms with Gasteiger partial charge < -0.3 is 10.1 Å². The Labute approximate surface area is 177 Å². The lowest BCUT2D eigenvalue weighted by molar-refractivity contribution is 0.143. The zero-order valence-electron chi connectivity index (χ0n) is 16.5. The van der Waals surface area contributed by atoms with Crippen LogP contribution in [0.1, 0.15) is 34.6 Å². The molecule has 0 unspecified atom stereocenters. The monoisotopic (exact) mass is 391 g/mol. The van der Waals surface area contributed by atoms with E-state index in [2.05, 4.69) is 47.3 Å². The minimum absolute atomic E-state index is 0.0638. The van der Waals surface area contributed by atoms with Crippen molar-refractivity contribution in [3.05, 3.63) is 95.1 Å². The molecule has 146 valence electrons. The highest BCUT2D eigenvalue weighted by Gasteiger charge is 2.28. The number of benzene rings is 3. The maximum absolute atomic E-state index is 12.1. The second kappa shape index (κ2) is 9.03. The number of hydrogen-bond donors (Lipinski definition) is 1. The van der Waals surface area contributed by atoms with E-state index in [1.807, 2.05) is 48.5 Å². The van der Waals surface area contributed by atoms with Gasteiger partial charge in [0.2, 0.25) is 0 Å². The molecule has 0 spiro atoms. The first-order valence-corrected chi connectivity index (χ1v) is 9.90. The summed E-state index contributed by atoms with van der Waals surface area (Å²) in [5, 5.41) is 2.77. The minimum atomic E-state index is -0.419. The van der Waals surface area contributed by atoms with Crippen molar-refractivity contribution in [3.8, 4) is 35.3 Å². The summed E-state index contributed by atoms with van der Waals surface area (Å²) in [7, 11) is 0. The number of rotatable bonds is 4. The number of alkyl carbamates (subject to hydrolysis) is 1. The summed E-state index contributed by atoms with van der Waals surface area (Å²) in [5.41, 5.74) is 6.56. The van der Waals surface area contributed by atoms with E-state index >= 15 is 0 Å². The van der Waals surface area contributed by atoms with Crippen LogP contribution in [-0.2, 0) is 4.74 Å². The first-order valence-electron chi connectivity index (χ1n) is 9.90. The van der Waals surface area contributed by atoms with Gasteiger partial charge in [0.25, 0.3) is 0 Å². The van der Waals surface area contributed by atoms with Gasteiger partial charge in [-0.2, -0.15) is 0 Å². The largest absolute Gasteiger partial charge is 0.449 e. The summed E-state index contributed by atoms with van der Waals surface area (Å²) < 4.78 is 5.51. The van der Waals surface area contributed by atoms with Gasteiger partial charge in [0.15, 0.2) is 0 Å². The first-order chi connectivity index (χ1) is 14.8. The summed E-state index contributed by atoms with van der Waals surface area (Å²) >= 11 is 0. The lowest BCUT2D eigenvalue weighted by Crippen LogP contribution is -2.26. The van der Waals surface area contributed by atoms with Gasteiger partial charge >= 0.3 is 6.09 Å². The first kappa shape index (κ1) is 19.4. The zero-order valence-corrected chi connectivity index (χ0v) is 16.5. The van der Waals surface area contributed by atoms with Crippen molar-refractivity contribution in [2.75, 3.05) is 13.2 Å². The fraction of sp³-hybridized carbons (Fsp3) is 0.148. The molecule has 0 saturated carbocycles. The number of amides is 1. The Hall–Kier alpha value is -3.95. The molecule has 3 heteroatoms. The number of ether oxygens (including phenoxy) is 1. The number of carbonyl (C=O) groups excluding carboxylic acids is 1. The number of nitrogens with one attached hydrogen (secondary N) is 1. The average molecular weight is 391 g/mol. The van der Waals surface area contributed by atoms with Gasteiger partial charge in [-0.1, -0.05) is 66.3 Å². The van der Waals surface area contributed by atoms with Crippen LogP contribution in [0.2, 0.25) is 0 Å². The minimum Gasteiger partial charge on any atom is -0.449 e. The SMILES string of the molecule is C#Cc1ccc(C#CCCNC(=O)OCC2c3ccccc3-c3ccccc32)cc1. The van der Waals surface area contributed by atoms with Crippen LogP contribution in [0.3, 0.4) is 0 Å². The molecule has 30 heavy (non-hydrogen) atoms. The maximum Gasteiger partial charge on any atom is 0.407 e. The summed E-state index contributed by atoms with van der Waals surface area (Å²) in [4.78, 5) is 12.1. The van der Waals surface area contributed by atoms with Crippen LogP contribution in [0, 0.1) is 24.2 Å². The van der Waals surface area contributed by atoms with Gasteiger partial charge in [-0.05, 0) is 46.5 Å². The van der Waals surface area contributed by atoms with Crippen molar-refractivity contribution < 1.29 is 9.53 Å². The third kappa shape index (κ3) is 4.22. The van der Waals surface area contributed by atoms with Gasteiger partial charge in [-0.3, -0.25) is 0 Å². The molecule has 0 saturated heterocycles. The third-order valence-electron chi connectivity index (χ3n) is 5.15. The van der Waals surface area contributed by atoms with Crippen LogP contribution in [0.25, 0.3) is 11.1 Å². The molecule has 4 rings (SSSR count). The van der Waals surface area contributed by atoms with Crippen molar-refractivity contribution in [1.29, 1.82) is 0 Å². The average Bonchev–Trinajstić information content (AvgIpc) is 3.12. The second-order valence-electron chi connectivity index (χ2n) is 7.03. The van der Waals surface area contributed by atoms with Crippen LogP contribution in [-0.4, -0.2) is 19.2 Å². The van der Waals surface area contributed by atoms with E-state index in [9.17, 15) is 4.79 Å². The lowest BCUT2D eigenvalue weighted by atomic mass is 9.98. The Morgan fingerprint density at radius 2 is 1.50 bits per heavy atom. The van der Waals surface area contributed by atoms with Crippen LogP contribution < -0.4 is 5.32 Å². The molecular formula is C27H21NO2. The normalized spacial score (nSPS) is 11.4. The smallest absolute Gasteiger partial charge is 0.407 e. The van der Waals surface area contributed by atoms with Crippen molar-refractivity contribution in [1.82, 2.24) is 5.32 Å². The maximum atomic E-state index is 12.1. The standard InChI is InChI=1S/C27H21NO2/c1-2-20-14-16-21(17-15-20)9-7-8-18-28-27(29)30-19-26-24-12-5-3-10-22(24)23-11-4-6-13-25(23)26/h1,3-6,10-17,26H,8,18-19H2,(H,28,29). The van der Waals surface area contributed by atoms with E-state index < -0.39 is 6.09 Å².